The van der Waals surface area contributed by atoms with E-state index < -0.39 is 17.9 Å². The molecule has 3 nitrogen and oxygen atoms in total. The number of alkyl halides is 1. The van der Waals surface area contributed by atoms with Crippen LogP contribution in [0.4, 0.5) is 4.39 Å². The predicted octanol–water partition coefficient (Wildman–Crippen LogP) is 2.77. The van der Waals surface area contributed by atoms with Crippen molar-refractivity contribution in [2.45, 2.75) is 26.9 Å². The maximum Gasteiger partial charge on any atom is 0.379 e. The number of aryl methyl sites for hydroxylation is 1. The molecule has 0 aromatic heterocycles. The monoisotopic (exact) mass is 238 g/mol. The summed E-state index contributed by atoms with van der Waals surface area (Å²) in [6.45, 7) is 4.84. The van der Waals surface area contributed by atoms with Crippen LogP contribution >= 0.6 is 0 Å². The van der Waals surface area contributed by atoms with Crippen LogP contribution in [0.5, 0.6) is 0 Å². The Labute approximate surface area is 99.6 Å². The van der Waals surface area contributed by atoms with E-state index in [2.05, 4.69) is 4.74 Å². The summed E-state index contributed by atoms with van der Waals surface area (Å²) in [4.78, 5) is 23.0. The number of hydrogen-bond donors (Lipinski definition) is 0. The summed E-state index contributed by atoms with van der Waals surface area (Å²) >= 11 is 0. The Morgan fingerprint density at radius 2 is 2.06 bits per heavy atom. The summed E-state index contributed by atoms with van der Waals surface area (Å²) in [5.74, 6) is -1.63. The van der Waals surface area contributed by atoms with Crippen LogP contribution in [-0.2, 0) is 9.53 Å². The molecule has 0 N–H and O–H groups in total. The molecular weight excluding hydrogens is 223 g/mol. The van der Waals surface area contributed by atoms with E-state index in [1.54, 1.807) is 26.0 Å². The molecule has 92 valence electrons. The Kier molecular flexibility index (Phi) is 4.37. The van der Waals surface area contributed by atoms with Gasteiger partial charge in [0.2, 0.25) is 0 Å². The fourth-order valence-electron chi connectivity index (χ4n) is 1.44. The van der Waals surface area contributed by atoms with Gasteiger partial charge in [-0.1, -0.05) is 12.1 Å². The van der Waals surface area contributed by atoms with E-state index in [1.807, 2.05) is 0 Å². The Balaban J connectivity index is 3.08. The van der Waals surface area contributed by atoms with E-state index in [1.165, 1.54) is 13.0 Å². The van der Waals surface area contributed by atoms with E-state index >= 15 is 0 Å². The van der Waals surface area contributed by atoms with Crippen LogP contribution < -0.4 is 0 Å². The number of ether oxygens (including phenoxy) is 1. The molecule has 1 aromatic carbocycles. The van der Waals surface area contributed by atoms with Gasteiger partial charge in [0.05, 0.1) is 6.61 Å². The molecule has 4 heteroatoms. The molecule has 0 spiro atoms. The zero-order chi connectivity index (χ0) is 13.0. The molecule has 0 fully saturated rings. The van der Waals surface area contributed by atoms with Gasteiger partial charge < -0.3 is 4.74 Å². The summed E-state index contributed by atoms with van der Waals surface area (Å²) < 4.78 is 17.8. The number of ketones is 1. The summed E-state index contributed by atoms with van der Waals surface area (Å²) in [5.41, 5.74) is 1.21. The normalized spacial score (nSPS) is 12.0. The van der Waals surface area contributed by atoms with Crippen molar-refractivity contribution in [1.82, 2.24) is 0 Å². The maximum absolute atomic E-state index is 13.1. The first-order valence-corrected chi connectivity index (χ1v) is 5.43. The SMILES string of the molecule is CCOC(=O)C(=O)c1cc(C(C)F)ccc1C. The van der Waals surface area contributed by atoms with Gasteiger partial charge in [-0.25, -0.2) is 9.18 Å². The summed E-state index contributed by atoms with van der Waals surface area (Å²) in [6, 6.07) is 4.62. The molecule has 1 unspecified atom stereocenters. The maximum atomic E-state index is 13.1. The molecule has 0 bridgehead atoms. The van der Waals surface area contributed by atoms with Gasteiger partial charge in [-0.15, -0.1) is 0 Å². The number of halogens is 1. The molecular formula is C13H15FO3. The first-order valence-electron chi connectivity index (χ1n) is 5.43. The highest BCUT2D eigenvalue weighted by molar-refractivity contribution is 6.41. The van der Waals surface area contributed by atoms with Crippen molar-refractivity contribution in [2.75, 3.05) is 6.61 Å². The molecule has 0 saturated carbocycles. The van der Waals surface area contributed by atoms with Crippen LogP contribution in [0.1, 0.15) is 41.5 Å². The number of carbonyl (C=O) groups is 2. The number of hydrogen-bond acceptors (Lipinski definition) is 3. The molecule has 1 rings (SSSR count). The summed E-state index contributed by atoms with van der Waals surface area (Å²) in [6.07, 6.45) is -1.18. The lowest BCUT2D eigenvalue weighted by Crippen LogP contribution is -2.18. The largest absolute Gasteiger partial charge is 0.460 e. The lowest BCUT2D eigenvalue weighted by Gasteiger charge is -2.08. The van der Waals surface area contributed by atoms with Crippen LogP contribution in [0, 0.1) is 6.92 Å². The van der Waals surface area contributed by atoms with Gasteiger partial charge in [0.15, 0.2) is 0 Å². The third-order valence-electron chi connectivity index (χ3n) is 2.43. The number of rotatable bonds is 4. The van der Waals surface area contributed by atoms with Crippen molar-refractivity contribution in [1.29, 1.82) is 0 Å². The fourth-order valence-corrected chi connectivity index (χ4v) is 1.44. The van der Waals surface area contributed by atoms with Gasteiger partial charge in [0.25, 0.3) is 5.78 Å². The minimum atomic E-state index is -1.18. The molecule has 0 radical (unpaired) electrons. The van der Waals surface area contributed by atoms with Crippen LogP contribution in [-0.4, -0.2) is 18.4 Å². The highest BCUT2D eigenvalue weighted by Crippen LogP contribution is 2.20. The van der Waals surface area contributed by atoms with Crippen molar-refractivity contribution < 1.29 is 18.7 Å². The molecule has 17 heavy (non-hydrogen) atoms. The van der Waals surface area contributed by atoms with E-state index in [9.17, 15) is 14.0 Å². The summed E-state index contributed by atoms with van der Waals surface area (Å²) in [5, 5.41) is 0. The number of Topliss-reactive ketones (excluding diaryl/α,β-unsaturated/α-hetero) is 1. The highest BCUT2D eigenvalue weighted by atomic mass is 19.1. The summed E-state index contributed by atoms with van der Waals surface area (Å²) in [7, 11) is 0. The van der Waals surface area contributed by atoms with Crippen molar-refractivity contribution in [3.8, 4) is 0 Å². The van der Waals surface area contributed by atoms with Gasteiger partial charge in [0.1, 0.15) is 6.17 Å². The predicted molar refractivity (Wildman–Crippen MR) is 61.7 cm³/mol. The minimum absolute atomic E-state index is 0.142. The van der Waals surface area contributed by atoms with Gasteiger partial charge in [-0.05, 0) is 38.0 Å². The molecule has 0 aliphatic heterocycles. The van der Waals surface area contributed by atoms with Crippen LogP contribution in [0.3, 0.4) is 0 Å². The lowest BCUT2D eigenvalue weighted by atomic mass is 10.00. The quantitative estimate of drug-likeness (QED) is 0.460. The number of esters is 1. The van der Waals surface area contributed by atoms with Crippen LogP contribution in [0.2, 0.25) is 0 Å². The molecule has 1 atom stereocenters. The Hall–Kier alpha value is -1.71. The molecule has 0 heterocycles. The van der Waals surface area contributed by atoms with Gasteiger partial charge in [0, 0.05) is 5.56 Å². The van der Waals surface area contributed by atoms with E-state index in [4.69, 9.17) is 0 Å². The number of benzene rings is 1. The Morgan fingerprint density at radius 3 is 2.59 bits per heavy atom. The van der Waals surface area contributed by atoms with Gasteiger partial charge in [-0.3, -0.25) is 4.79 Å². The smallest absolute Gasteiger partial charge is 0.379 e. The Morgan fingerprint density at radius 1 is 1.41 bits per heavy atom. The van der Waals surface area contributed by atoms with Crippen molar-refractivity contribution in [2.24, 2.45) is 0 Å². The first kappa shape index (κ1) is 13.4. The van der Waals surface area contributed by atoms with E-state index in [-0.39, 0.29) is 12.2 Å². The van der Waals surface area contributed by atoms with Gasteiger partial charge in [-0.2, -0.15) is 0 Å². The highest BCUT2D eigenvalue weighted by Gasteiger charge is 2.20. The molecule has 0 amide bonds. The zero-order valence-electron chi connectivity index (χ0n) is 10.1. The van der Waals surface area contributed by atoms with E-state index in [0.29, 0.717) is 11.1 Å². The minimum Gasteiger partial charge on any atom is -0.460 e. The second-order valence-corrected chi connectivity index (χ2v) is 3.74. The average Bonchev–Trinajstić information content (AvgIpc) is 2.28. The Bertz CT molecular complexity index is 438. The van der Waals surface area contributed by atoms with Crippen molar-refractivity contribution in [3.63, 3.8) is 0 Å². The average molecular weight is 238 g/mol. The third-order valence-corrected chi connectivity index (χ3v) is 2.43. The fraction of sp³-hybridized carbons (Fsp3) is 0.385. The topological polar surface area (TPSA) is 43.4 Å². The molecule has 0 aliphatic rings. The molecule has 0 saturated heterocycles. The molecule has 0 aliphatic carbocycles. The third kappa shape index (κ3) is 3.12. The van der Waals surface area contributed by atoms with Gasteiger partial charge >= 0.3 is 5.97 Å². The lowest BCUT2D eigenvalue weighted by molar-refractivity contribution is -0.137. The second-order valence-electron chi connectivity index (χ2n) is 3.74. The first-order chi connectivity index (χ1) is 7.97. The van der Waals surface area contributed by atoms with E-state index in [0.717, 1.165) is 0 Å². The second kappa shape index (κ2) is 5.57. The standard InChI is InChI=1S/C13H15FO3/c1-4-17-13(16)12(15)11-7-10(9(3)14)6-5-8(11)2/h5-7,9H,4H2,1-3H3. The van der Waals surface area contributed by atoms with Crippen molar-refractivity contribution >= 4 is 11.8 Å². The zero-order valence-corrected chi connectivity index (χ0v) is 10.1. The van der Waals surface area contributed by atoms with Crippen LogP contribution in [0.15, 0.2) is 18.2 Å². The number of carbonyl (C=O) groups excluding carboxylic acids is 2. The van der Waals surface area contributed by atoms with Crippen molar-refractivity contribution in [3.05, 3.63) is 34.9 Å². The van der Waals surface area contributed by atoms with Crippen LogP contribution in [0.25, 0.3) is 0 Å². The molecule has 1 aromatic rings.